The average molecular weight is 307 g/mol. The van der Waals surface area contributed by atoms with Gasteiger partial charge in [-0.3, -0.25) is 4.79 Å². The Hall–Kier alpha value is -2.37. The van der Waals surface area contributed by atoms with E-state index in [2.05, 4.69) is 4.74 Å². The van der Waals surface area contributed by atoms with E-state index in [1.165, 1.54) is 0 Å². The van der Waals surface area contributed by atoms with Crippen LogP contribution in [0.1, 0.15) is 33.3 Å². The zero-order valence-electron chi connectivity index (χ0n) is 13.3. The summed E-state index contributed by atoms with van der Waals surface area (Å²) in [5, 5.41) is 0. The average Bonchev–Trinajstić information content (AvgIpc) is 2.43. The van der Waals surface area contributed by atoms with Gasteiger partial charge in [0, 0.05) is 0 Å². The molecule has 120 valence electrons. The first-order valence-corrected chi connectivity index (χ1v) is 7.00. The molecular formula is C16H21NO5. The fraction of sp³-hybridized carbons (Fsp3) is 0.438. The van der Waals surface area contributed by atoms with Crippen LogP contribution in [0, 0.1) is 0 Å². The molecule has 1 aromatic carbocycles. The van der Waals surface area contributed by atoms with Crippen LogP contribution in [0.3, 0.4) is 0 Å². The Kier molecular flexibility index (Phi) is 6.10. The highest BCUT2D eigenvalue weighted by atomic mass is 16.6. The second-order valence-electron chi connectivity index (χ2n) is 5.58. The molecule has 0 N–H and O–H groups in total. The number of rotatable bonds is 3. The number of ether oxygens (including phenoxy) is 2. The first-order valence-electron chi connectivity index (χ1n) is 7.00. The van der Waals surface area contributed by atoms with Gasteiger partial charge in [0.05, 0.1) is 13.2 Å². The van der Waals surface area contributed by atoms with Gasteiger partial charge in [0.25, 0.3) is 0 Å². The van der Waals surface area contributed by atoms with Crippen LogP contribution in [-0.4, -0.2) is 35.1 Å². The molecule has 0 spiro atoms. The molecule has 0 heterocycles. The molecule has 0 aliphatic carbocycles. The molecule has 1 aromatic rings. The molecule has 0 fully saturated rings. The topological polar surface area (TPSA) is 72.9 Å². The van der Waals surface area contributed by atoms with Crippen LogP contribution in [0.2, 0.25) is 0 Å². The molecule has 6 heteroatoms. The van der Waals surface area contributed by atoms with E-state index in [0.29, 0.717) is 5.56 Å². The van der Waals surface area contributed by atoms with Crippen molar-refractivity contribution < 1.29 is 23.9 Å². The van der Waals surface area contributed by atoms with Crippen molar-refractivity contribution in [2.75, 3.05) is 6.61 Å². The van der Waals surface area contributed by atoms with E-state index in [-0.39, 0.29) is 13.2 Å². The number of hydrogen-bond acceptors (Lipinski definition) is 5. The van der Waals surface area contributed by atoms with Crippen LogP contribution >= 0.6 is 0 Å². The van der Waals surface area contributed by atoms with E-state index in [1.807, 2.05) is 6.07 Å². The van der Waals surface area contributed by atoms with E-state index in [9.17, 15) is 14.4 Å². The molecule has 0 radical (unpaired) electrons. The maximum absolute atomic E-state index is 12.2. The van der Waals surface area contributed by atoms with E-state index in [4.69, 9.17) is 4.74 Å². The van der Waals surface area contributed by atoms with Gasteiger partial charge in [-0.25, -0.2) is 14.5 Å². The minimum absolute atomic E-state index is 0.0536. The van der Waals surface area contributed by atoms with Crippen molar-refractivity contribution in [1.82, 2.24) is 4.90 Å². The lowest BCUT2D eigenvalue weighted by atomic mass is 10.2. The number of imide groups is 1. The highest BCUT2D eigenvalue weighted by Gasteiger charge is 2.32. The summed E-state index contributed by atoms with van der Waals surface area (Å²) in [6, 6.07) is 8.86. The van der Waals surface area contributed by atoms with E-state index >= 15 is 0 Å². The molecule has 0 unspecified atom stereocenters. The van der Waals surface area contributed by atoms with Crippen LogP contribution in [0.4, 0.5) is 4.79 Å². The van der Waals surface area contributed by atoms with Gasteiger partial charge in [0.15, 0.2) is 0 Å². The van der Waals surface area contributed by atoms with Gasteiger partial charge in [0.1, 0.15) is 5.60 Å². The lowest BCUT2D eigenvalue weighted by molar-refractivity contribution is -0.159. The zero-order valence-corrected chi connectivity index (χ0v) is 13.3. The van der Waals surface area contributed by atoms with E-state index in [1.54, 1.807) is 52.0 Å². The summed E-state index contributed by atoms with van der Waals surface area (Å²) < 4.78 is 9.84. The van der Waals surface area contributed by atoms with Crippen LogP contribution < -0.4 is 0 Å². The van der Waals surface area contributed by atoms with E-state index in [0.717, 1.165) is 4.90 Å². The van der Waals surface area contributed by atoms with Crippen molar-refractivity contribution in [3.8, 4) is 0 Å². The molecular weight excluding hydrogens is 286 g/mol. The highest BCUT2D eigenvalue weighted by Crippen LogP contribution is 2.13. The lowest BCUT2D eigenvalue weighted by Gasteiger charge is -2.25. The zero-order chi connectivity index (χ0) is 16.8. The number of carbonyl (C=O) groups excluding carboxylic acids is 3. The van der Waals surface area contributed by atoms with Crippen molar-refractivity contribution in [1.29, 1.82) is 0 Å². The normalized spacial score (nSPS) is 10.7. The molecule has 0 aromatic heterocycles. The van der Waals surface area contributed by atoms with Crippen molar-refractivity contribution in [3.05, 3.63) is 35.9 Å². The minimum Gasteiger partial charge on any atom is -0.459 e. The molecule has 2 amide bonds. The van der Waals surface area contributed by atoms with Crippen LogP contribution in [0.5, 0.6) is 0 Å². The first-order chi connectivity index (χ1) is 10.2. The summed E-state index contributed by atoms with van der Waals surface area (Å²) in [6.07, 6.45) is -0.880. The summed E-state index contributed by atoms with van der Waals surface area (Å²) in [5.74, 6) is -2.12. The number of benzene rings is 1. The Bertz CT molecular complexity index is 533. The maximum Gasteiger partial charge on any atom is 0.417 e. The monoisotopic (exact) mass is 307 g/mol. The largest absolute Gasteiger partial charge is 0.459 e. The lowest BCUT2D eigenvalue weighted by Crippen LogP contribution is -2.44. The summed E-state index contributed by atoms with van der Waals surface area (Å²) >= 11 is 0. The third kappa shape index (κ3) is 5.55. The Morgan fingerprint density at radius 1 is 1.09 bits per heavy atom. The third-order valence-corrected chi connectivity index (χ3v) is 2.49. The van der Waals surface area contributed by atoms with Gasteiger partial charge < -0.3 is 9.47 Å². The molecule has 0 saturated heterocycles. The Balaban J connectivity index is 2.96. The predicted octanol–water partition coefficient (Wildman–Crippen LogP) is 2.51. The van der Waals surface area contributed by atoms with Crippen molar-refractivity contribution >= 4 is 18.0 Å². The molecule has 0 saturated carbocycles. The van der Waals surface area contributed by atoms with Gasteiger partial charge in [0.2, 0.25) is 0 Å². The maximum atomic E-state index is 12.2. The number of esters is 1. The Morgan fingerprint density at radius 3 is 2.18 bits per heavy atom. The van der Waals surface area contributed by atoms with Gasteiger partial charge >= 0.3 is 18.0 Å². The number of hydrogen-bond donors (Lipinski definition) is 0. The molecule has 0 aliphatic heterocycles. The second-order valence-corrected chi connectivity index (χ2v) is 5.58. The fourth-order valence-electron chi connectivity index (χ4n) is 1.61. The quantitative estimate of drug-likeness (QED) is 0.633. The number of amides is 2. The molecule has 0 aliphatic rings. The molecule has 22 heavy (non-hydrogen) atoms. The SMILES string of the molecule is CCOC(=O)C(=O)N(Cc1ccccc1)C(=O)OC(C)(C)C. The van der Waals surface area contributed by atoms with Crippen LogP contribution in [0.25, 0.3) is 0 Å². The molecule has 0 atom stereocenters. The summed E-state index contributed by atoms with van der Waals surface area (Å²) in [6.45, 7) is 6.62. The Morgan fingerprint density at radius 2 is 1.68 bits per heavy atom. The highest BCUT2D eigenvalue weighted by molar-refractivity contribution is 6.34. The summed E-state index contributed by atoms with van der Waals surface area (Å²) in [5.41, 5.74) is -0.0768. The van der Waals surface area contributed by atoms with Gasteiger partial charge in [-0.15, -0.1) is 0 Å². The molecule has 1 rings (SSSR count). The number of carbonyl (C=O) groups is 3. The molecule has 0 bridgehead atoms. The predicted molar refractivity (Wildman–Crippen MR) is 79.9 cm³/mol. The van der Waals surface area contributed by atoms with Crippen molar-refractivity contribution in [2.24, 2.45) is 0 Å². The summed E-state index contributed by atoms with van der Waals surface area (Å²) in [4.78, 5) is 36.7. The van der Waals surface area contributed by atoms with E-state index < -0.39 is 23.6 Å². The van der Waals surface area contributed by atoms with Crippen molar-refractivity contribution in [3.63, 3.8) is 0 Å². The fourth-order valence-corrected chi connectivity index (χ4v) is 1.61. The standard InChI is InChI=1S/C16H21NO5/c1-5-21-14(19)13(18)17(15(20)22-16(2,3)4)11-12-9-7-6-8-10-12/h6-10H,5,11H2,1-4H3. The van der Waals surface area contributed by atoms with Gasteiger partial charge in [-0.2, -0.15) is 0 Å². The summed E-state index contributed by atoms with van der Waals surface area (Å²) in [7, 11) is 0. The Labute approximate surface area is 130 Å². The van der Waals surface area contributed by atoms with Gasteiger partial charge in [-0.05, 0) is 33.3 Å². The minimum atomic E-state index is -1.08. The van der Waals surface area contributed by atoms with Crippen LogP contribution in [0.15, 0.2) is 30.3 Å². The first kappa shape index (κ1) is 17.7. The van der Waals surface area contributed by atoms with Crippen molar-refractivity contribution in [2.45, 2.75) is 39.8 Å². The van der Waals surface area contributed by atoms with Crippen LogP contribution in [-0.2, 0) is 25.6 Å². The third-order valence-electron chi connectivity index (χ3n) is 2.49. The second kappa shape index (κ2) is 7.59. The number of nitrogens with zero attached hydrogens (tertiary/aromatic N) is 1. The smallest absolute Gasteiger partial charge is 0.417 e. The van der Waals surface area contributed by atoms with Gasteiger partial charge in [-0.1, -0.05) is 30.3 Å². The molecule has 6 nitrogen and oxygen atoms in total.